The molecular formula is C40H43F7N4O3. The van der Waals surface area contributed by atoms with E-state index in [2.05, 4.69) is 9.80 Å². The Hall–Kier alpha value is -4.17. The van der Waals surface area contributed by atoms with Gasteiger partial charge in [-0.3, -0.25) is 18.8 Å². The Labute approximate surface area is 308 Å². The third kappa shape index (κ3) is 7.95. The van der Waals surface area contributed by atoms with Gasteiger partial charge in [-0.2, -0.15) is 26.3 Å². The van der Waals surface area contributed by atoms with Crippen LogP contribution >= 0.6 is 0 Å². The van der Waals surface area contributed by atoms with E-state index in [0.29, 0.717) is 68.7 Å². The molecule has 3 atom stereocenters. The molecule has 0 spiro atoms. The molecule has 7 rings (SSSR count). The van der Waals surface area contributed by atoms with E-state index < -0.39 is 47.7 Å². The highest BCUT2D eigenvalue weighted by atomic mass is 19.4. The zero-order valence-electron chi connectivity index (χ0n) is 29.6. The van der Waals surface area contributed by atoms with Gasteiger partial charge in [-0.25, -0.2) is 9.18 Å². The number of carbonyl (C=O) groups is 1. The van der Waals surface area contributed by atoms with E-state index in [1.54, 1.807) is 34.9 Å². The van der Waals surface area contributed by atoms with E-state index in [1.807, 2.05) is 6.07 Å². The van der Waals surface area contributed by atoms with Gasteiger partial charge >= 0.3 is 24.0 Å². The molecule has 0 amide bonds. The van der Waals surface area contributed by atoms with E-state index >= 15 is 0 Å². The van der Waals surface area contributed by atoms with E-state index in [9.17, 15) is 45.4 Å². The fraction of sp³-hybridized carbons (Fsp3) is 0.500. The van der Waals surface area contributed by atoms with E-state index in [1.165, 1.54) is 16.7 Å². The number of likely N-dealkylation sites (tertiary alicyclic amines) is 2. The van der Waals surface area contributed by atoms with Crippen LogP contribution in [-0.2, 0) is 23.7 Å². The van der Waals surface area contributed by atoms with E-state index in [-0.39, 0.29) is 41.2 Å². The molecule has 7 nitrogen and oxygen atoms in total. The number of hydrogen-bond acceptors (Lipinski definition) is 4. The second-order valence-corrected chi connectivity index (χ2v) is 15.2. The summed E-state index contributed by atoms with van der Waals surface area (Å²) in [6, 6.07) is 13.8. The maximum Gasteiger partial charge on any atom is 0.416 e. The fourth-order valence-electron chi connectivity index (χ4n) is 9.26. The quantitative estimate of drug-likeness (QED) is 0.174. The first-order chi connectivity index (χ1) is 25.7. The number of halogens is 7. The first-order valence-corrected chi connectivity index (χ1v) is 18.6. The van der Waals surface area contributed by atoms with Crippen LogP contribution in [0.1, 0.15) is 79.2 Å². The second kappa shape index (κ2) is 15.2. The third-order valence-corrected chi connectivity index (χ3v) is 11.8. The minimum atomic E-state index is -5.01. The molecule has 3 fully saturated rings. The number of alkyl halides is 6. The first kappa shape index (κ1) is 38.1. The lowest BCUT2D eigenvalue weighted by Crippen LogP contribution is -2.46. The van der Waals surface area contributed by atoms with Crippen LogP contribution in [0.4, 0.5) is 30.7 Å². The number of benzene rings is 3. The number of piperidine rings is 1. The summed E-state index contributed by atoms with van der Waals surface area (Å²) >= 11 is 0. The number of carboxylic acids is 1. The van der Waals surface area contributed by atoms with Crippen molar-refractivity contribution < 1.29 is 40.6 Å². The zero-order chi connectivity index (χ0) is 38.4. The summed E-state index contributed by atoms with van der Waals surface area (Å²) in [5.41, 5.74) is -1.88. The van der Waals surface area contributed by atoms with Gasteiger partial charge in [0.05, 0.1) is 28.7 Å². The Morgan fingerprint density at radius 3 is 2.06 bits per heavy atom. The molecule has 3 aromatic carbocycles. The molecule has 3 aliphatic rings. The smallest absolute Gasteiger partial charge is 0.416 e. The highest BCUT2D eigenvalue weighted by molar-refractivity contribution is 5.76. The number of rotatable bonds is 9. The van der Waals surface area contributed by atoms with Gasteiger partial charge in [0.2, 0.25) is 0 Å². The maximum atomic E-state index is 14.4. The van der Waals surface area contributed by atoms with Gasteiger partial charge in [-0.1, -0.05) is 43.5 Å². The van der Waals surface area contributed by atoms with Crippen LogP contribution in [-0.4, -0.2) is 68.8 Å². The third-order valence-electron chi connectivity index (χ3n) is 11.8. The molecule has 290 valence electrons. The number of aliphatic carboxylic acids is 1. The van der Waals surface area contributed by atoms with E-state index in [0.717, 1.165) is 37.7 Å². The largest absolute Gasteiger partial charge is 0.480 e. The topological polar surface area (TPSA) is 70.7 Å². The lowest BCUT2D eigenvalue weighted by atomic mass is 9.83. The fourth-order valence-corrected chi connectivity index (χ4v) is 9.26. The number of aromatic nitrogens is 2. The number of nitrogens with zero attached hydrogens (tertiary/aromatic N) is 4. The van der Waals surface area contributed by atoms with Crippen LogP contribution < -0.4 is 5.69 Å². The number of fused-ring (bicyclic) bond motifs is 1. The molecule has 2 aliphatic heterocycles. The molecule has 2 saturated heterocycles. The molecule has 14 heteroatoms. The number of carboxylic acid groups (broad SMARTS) is 1. The van der Waals surface area contributed by atoms with Crippen molar-refractivity contribution in [2.24, 2.45) is 11.8 Å². The molecule has 3 heterocycles. The highest BCUT2D eigenvalue weighted by Gasteiger charge is 2.44. The highest BCUT2D eigenvalue weighted by Crippen LogP contribution is 2.40. The average Bonchev–Trinajstić information content (AvgIpc) is 3.66. The Balaban J connectivity index is 1.11. The summed E-state index contributed by atoms with van der Waals surface area (Å²) in [6.45, 7) is 2.47. The zero-order valence-corrected chi connectivity index (χ0v) is 29.6. The van der Waals surface area contributed by atoms with Gasteiger partial charge < -0.3 is 10.0 Å². The van der Waals surface area contributed by atoms with Crippen molar-refractivity contribution in [3.8, 4) is 0 Å². The summed E-state index contributed by atoms with van der Waals surface area (Å²) < 4.78 is 99.0. The summed E-state index contributed by atoms with van der Waals surface area (Å²) in [5, 5.41) is 10.4. The lowest BCUT2D eigenvalue weighted by molar-refractivity contribution is -0.146. The lowest BCUT2D eigenvalue weighted by Gasteiger charge is -2.35. The number of hydrogen-bond donors (Lipinski definition) is 1. The van der Waals surface area contributed by atoms with Gasteiger partial charge in [0.25, 0.3) is 0 Å². The van der Waals surface area contributed by atoms with E-state index in [4.69, 9.17) is 0 Å². The maximum absolute atomic E-state index is 14.4. The van der Waals surface area contributed by atoms with Crippen LogP contribution in [0, 0.1) is 17.7 Å². The summed E-state index contributed by atoms with van der Waals surface area (Å²) in [4.78, 5) is 31.0. The monoisotopic (exact) mass is 760 g/mol. The molecule has 54 heavy (non-hydrogen) atoms. The molecule has 1 N–H and O–H groups in total. The summed E-state index contributed by atoms with van der Waals surface area (Å²) in [6.07, 6.45) is -4.00. The Bertz CT molecular complexity index is 1990. The van der Waals surface area contributed by atoms with Gasteiger partial charge in [0, 0.05) is 44.7 Å². The second-order valence-electron chi connectivity index (χ2n) is 15.2. The van der Waals surface area contributed by atoms with Crippen molar-refractivity contribution in [3.63, 3.8) is 0 Å². The molecule has 0 unspecified atom stereocenters. The molecule has 1 saturated carbocycles. The molecule has 1 aliphatic carbocycles. The molecule has 4 aromatic rings. The number of imidazole rings is 1. The SMILES string of the molecule is O=C(O)[C@@H](C1CCCCC1)N1C[C@H](CN2CCC(n3c(=O)n(Cc4cc(C(F)(F)F)cc(C(F)(F)F)c4)c4ccccc43)CC2)[C@@H](c2cccc(F)c2)C1. The van der Waals surface area contributed by atoms with Crippen LogP contribution in [0.3, 0.4) is 0 Å². The standard InChI is InChI=1S/C40H43F7N4O3/c41-31-10-6-9-27(19-31)33-24-49(36(37(52)53)26-7-2-1-3-8-26)23-28(33)22-48-15-13-32(14-16-48)51-35-12-5-4-11-34(35)50(38(51)54)21-25-17-29(39(42,43)44)20-30(18-25)40(45,46)47/h4-6,9-12,17-20,26,28,32-33,36H,1-3,7-8,13-16,21-24H2,(H,52,53)/t28-,33+,36+/m0/s1. The molecule has 0 bridgehead atoms. The summed E-state index contributed by atoms with van der Waals surface area (Å²) in [7, 11) is 0. The Morgan fingerprint density at radius 1 is 0.796 bits per heavy atom. The van der Waals surface area contributed by atoms with Crippen LogP contribution in [0.5, 0.6) is 0 Å². The molecular weight excluding hydrogens is 717 g/mol. The van der Waals surface area contributed by atoms with Crippen molar-refractivity contribution in [2.45, 2.75) is 81.8 Å². The van der Waals surface area contributed by atoms with Crippen molar-refractivity contribution in [1.29, 1.82) is 0 Å². The van der Waals surface area contributed by atoms with Crippen LogP contribution in [0.25, 0.3) is 11.0 Å². The van der Waals surface area contributed by atoms with Crippen molar-refractivity contribution in [2.75, 3.05) is 32.7 Å². The van der Waals surface area contributed by atoms with Crippen LogP contribution in [0.2, 0.25) is 0 Å². The minimum Gasteiger partial charge on any atom is -0.480 e. The Morgan fingerprint density at radius 2 is 1.44 bits per heavy atom. The average molecular weight is 761 g/mol. The molecule has 1 aromatic heterocycles. The van der Waals surface area contributed by atoms with Crippen molar-refractivity contribution >= 4 is 17.0 Å². The van der Waals surface area contributed by atoms with Crippen molar-refractivity contribution in [3.05, 3.63) is 105 Å². The van der Waals surface area contributed by atoms with Gasteiger partial charge in [-0.15, -0.1) is 0 Å². The summed E-state index contributed by atoms with van der Waals surface area (Å²) in [5.74, 6) is -1.13. The van der Waals surface area contributed by atoms with Gasteiger partial charge in [-0.05, 0) is 91.1 Å². The number of para-hydroxylation sites is 2. The molecule has 0 radical (unpaired) electrons. The normalized spacial score (nSPS) is 21.9. The van der Waals surface area contributed by atoms with Gasteiger partial charge in [0.15, 0.2) is 0 Å². The predicted octanol–water partition coefficient (Wildman–Crippen LogP) is 8.41. The van der Waals surface area contributed by atoms with Crippen molar-refractivity contribution in [1.82, 2.24) is 18.9 Å². The van der Waals surface area contributed by atoms with Crippen LogP contribution in [0.15, 0.2) is 71.5 Å². The Kier molecular flexibility index (Phi) is 10.7. The van der Waals surface area contributed by atoms with Gasteiger partial charge in [0.1, 0.15) is 11.9 Å². The first-order valence-electron chi connectivity index (χ1n) is 18.6. The predicted molar refractivity (Wildman–Crippen MR) is 189 cm³/mol. The minimum absolute atomic E-state index is 0.0347.